The summed E-state index contributed by atoms with van der Waals surface area (Å²) in [5.74, 6) is 1.49. The first-order valence-electron chi connectivity index (χ1n) is 10.7. The van der Waals surface area contributed by atoms with Crippen molar-refractivity contribution in [3.05, 3.63) is 121 Å². The van der Waals surface area contributed by atoms with Crippen molar-refractivity contribution >= 4 is 41.5 Å². The molecule has 3 heteroatoms. The van der Waals surface area contributed by atoms with E-state index in [1.165, 1.54) is 21.2 Å². The zero-order valence-electron chi connectivity index (χ0n) is 17.5. The van der Waals surface area contributed by atoms with Crippen LogP contribution in [-0.4, -0.2) is 24.0 Å². The van der Waals surface area contributed by atoms with Crippen LogP contribution in [0.2, 0.25) is 0 Å². The third kappa shape index (κ3) is 3.67. The molecule has 0 radical (unpaired) electrons. The van der Waals surface area contributed by atoms with Gasteiger partial charge >= 0.3 is 0 Å². The maximum absolute atomic E-state index is 13.6. The molecule has 1 aliphatic heterocycles. The van der Waals surface area contributed by atoms with Crippen LogP contribution >= 0.6 is 14.5 Å². The molecular formula is C28H26OP2+2. The van der Waals surface area contributed by atoms with Gasteiger partial charge in [-0.1, -0.05) is 72.8 Å². The van der Waals surface area contributed by atoms with Gasteiger partial charge in [-0.3, -0.25) is 4.79 Å². The van der Waals surface area contributed by atoms with Crippen molar-refractivity contribution in [2.24, 2.45) is 0 Å². The van der Waals surface area contributed by atoms with E-state index in [9.17, 15) is 4.79 Å². The lowest BCUT2D eigenvalue weighted by Gasteiger charge is -2.37. The number of carbonyl (C=O) groups is 1. The highest BCUT2D eigenvalue weighted by molar-refractivity contribution is 8.06. The Morgan fingerprint density at radius 1 is 0.419 bits per heavy atom. The van der Waals surface area contributed by atoms with Gasteiger partial charge in [-0.25, -0.2) is 0 Å². The quantitative estimate of drug-likeness (QED) is 0.414. The van der Waals surface area contributed by atoms with Crippen LogP contribution in [0.3, 0.4) is 0 Å². The van der Waals surface area contributed by atoms with Crippen LogP contribution in [-0.2, 0) is 4.79 Å². The lowest BCUT2D eigenvalue weighted by Crippen LogP contribution is -2.43. The van der Waals surface area contributed by atoms with Crippen molar-refractivity contribution in [1.82, 2.24) is 0 Å². The second-order valence-electron chi connectivity index (χ2n) is 8.27. The maximum atomic E-state index is 13.6. The summed E-state index contributed by atoms with van der Waals surface area (Å²) in [6.07, 6.45) is 1.34. The maximum Gasteiger partial charge on any atom is 0.208 e. The smallest absolute Gasteiger partial charge is 0.208 e. The van der Waals surface area contributed by atoms with E-state index in [2.05, 4.69) is 121 Å². The minimum Gasteiger partial charge on any atom is -0.291 e. The predicted molar refractivity (Wildman–Crippen MR) is 138 cm³/mol. The van der Waals surface area contributed by atoms with Crippen molar-refractivity contribution in [2.45, 2.75) is 0 Å². The summed E-state index contributed by atoms with van der Waals surface area (Å²) in [6, 6.07) is 43.4. The van der Waals surface area contributed by atoms with Crippen LogP contribution in [0.25, 0.3) is 0 Å². The molecule has 0 spiro atoms. The summed E-state index contributed by atoms with van der Waals surface area (Å²) in [5, 5.41) is 5.41. The Hall–Kier alpha value is -2.59. The van der Waals surface area contributed by atoms with Gasteiger partial charge in [0.15, 0.2) is 5.90 Å². The lowest BCUT2D eigenvalue weighted by molar-refractivity contribution is -0.114. The zero-order valence-corrected chi connectivity index (χ0v) is 19.3. The number of ketones is 1. The van der Waals surface area contributed by atoms with Crippen LogP contribution in [0.5, 0.6) is 0 Å². The zero-order chi connectivity index (χ0) is 21.2. The Bertz CT molecular complexity index is 987. The van der Waals surface area contributed by atoms with Gasteiger partial charge < -0.3 is 0 Å². The van der Waals surface area contributed by atoms with Crippen molar-refractivity contribution in [1.29, 1.82) is 0 Å². The molecular weight excluding hydrogens is 414 g/mol. The Morgan fingerprint density at radius 3 is 0.935 bits per heavy atom. The summed E-state index contributed by atoms with van der Waals surface area (Å²) in [5.41, 5.74) is 0. The molecule has 4 aromatic rings. The van der Waals surface area contributed by atoms with E-state index < -0.39 is 14.5 Å². The van der Waals surface area contributed by atoms with Gasteiger partial charge in [-0.15, -0.1) is 0 Å². The average molecular weight is 440 g/mol. The SMILES string of the molecule is O=C1C[P+](c2ccccc2)(c2ccccc2)C[P+](c2ccccc2)(c2ccccc2)C1. The first kappa shape index (κ1) is 20.3. The number of Topliss-reactive ketones (excluding diaryl/α,β-unsaturated/α-hetero) is 1. The molecule has 1 nitrogen and oxygen atoms in total. The van der Waals surface area contributed by atoms with Crippen molar-refractivity contribution < 1.29 is 4.79 Å². The molecule has 1 fully saturated rings. The van der Waals surface area contributed by atoms with E-state index in [0.717, 1.165) is 5.90 Å². The van der Waals surface area contributed by atoms with E-state index in [-0.39, 0.29) is 0 Å². The summed E-state index contributed by atoms with van der Waals surface area (Å²) in [6.45, 7) is 0. The largest absolute Gasteiger partial charge is 0.291 e. The molecule has 1 saturated heterocycles. The van der Waals surface area contributed by atoms with E-state index >= 15 is 0 Å². The molecule has 0 unspecified atom stereocenters. The number of hydrogen-bond acceptors (Lipinski definition) is 1. The van der Waals surface area contributed by atoms with Crippen LogP contribution in [0, 0.1) is 0 Å². The minimum atomic E-state index is -1.90. The Morgan fingerprint density at radius 2 is 0.677 bits per heavy atom. The molecule has 5 rings (SSSR count). The third-order valence-electron chi connectivity index (χ3n) is 6.38. The average Bonchev–Trinajstić information content (AvgIpc) is 2.86. The summed E-state index contributed by atoms with van der Waals surface area (Å²) in [4.78, 5) is 13.6. The molecule has 0 N–H and O–H groups in total. The first-order valence-corrected chi connectivity index (χ1v) is 15.0. The first-order chi connectivity index (χ1) is 15.2. The Balaban J connectivity index is 1.79. The molecule has 4 aromatic carbocycles. The molecule has 0 saturated carbocycles. The van der Waals surface area contributed by atoms with Gasteiger partial charge in [0.2, 0.25) is 5.78 Å². The highest BCUT2D eigenvalue weighted by atomic mass is 31.2. The summed E-state index contributed by atoms with van der Waals surface area (Å²) >= 11 is 0. The number of rotatable bonds is 4. The fourth-order valence-corrected chi connectivity index (χ4v) is 17.6. The van der Waals surface area contributed by atoms with Crippen molar-refractivity contribution in [2.75, 3.05) is 18.2 Å². The molecule has 152 valence electrons. The lowest BCUT2D eigenvalue weighted by atomic mass is 10.4. The van der Waals surface area contributed by atoms with Gasteiger partial charge in [0, 0.05) is 0 Å². The van der Waals surface area contributed by atoms with Crippen molar-refractivity contribution in [3.63, 3.8) is 0 Å². The van der Waals surface area contributed by atoms with E-state index in [4.69, 9.17) is 0 Å². The normalized spacial score (nSPS) is 17.2. The van der Waals surface area contributed by atoms with E-state index in [1.54, 1.807) is 0 Å². The van der Waals surface area contributed by atoms with Gasteiger partial charge in [0.05, 0.1) is 0 Å². The number of benzene rings is 4. The second-order valence-corrected chi connectivity index (χ2v) is 16.0. The highest BCUT2D eigenvalue weighted by Gasteiger charge is 2.62. The standard InChI is InChI=1S/C28H26OP2/c29-24-21-30(25-13-5-1-6-14-25,26-15-7-2-8-16-26)23-31(22-24,27-17-9-3-10-18-27)28-19-11-4-12-20-28/h1-20H,21-23H2/q+2. The molecule has 0 bridgehead atoms. The van der Waals surface area contributed by atoms with Gasteiger partial charge in [0.25, 0.3) is 0 Å². The predicted octanol–water partition coefficient (Wildman–Crippen LogP) is 4.86. The van der Waals surface area contributed by atoms with Crippen LogP contribution < -0.4 is 21.2 Å². The van der Waals surface area contributed by atoms with Crippen LogP contribution in [0.4, 0.5) is 0 Å². The van der Waals surface area contributed by atoms with Gasteiger partial charge in [-0.2, -0.15) is 0 Å². The monoisotopic (exact) mass is 440 g/mol. The summed E-state index contributed by atoms with van der Waals surface area (Å²) < 4.78 is 0. The van der Waals surface area contributed by atoms with Crippen LogP contribution in [0.15, 0.2) is 121 Å². The van der Waals surface area contributed by atoms with E-state index in [0.29, 0.717) is 18.1 Å². The van der Waals surface area contributed by atoms with Gasteiger partial charge in [-0.05, 0) is 48.5 Å². The Labute approximate surface area is 185 Å². The Kier molecular flexibility index (Phi) is 5.58. The fourth-order valence-electron chi connectivity index (χ4n) is 5.01. The third-order valence-corrected chi connectivity index (χ3v) is 17.2. The molecule has 0 aromatic heterocycles. The summed E-state index contributed by atoms with van der Waals surface area (Å²) in [7, 11) is -3.81. The minimum absolute atomic E-state index is 0.410. The molecule has 0 aliphatic carbocycles. The molecule has 0 amide bonds. The van der Waals surface area contributed by atoms with Crippen molar-refractivity contribution in [3.8, 4) is 0 Å². The second kappa shape index (κ2) is 8.51. The molecule has 0 atom stereocenters. The highest BCUT2D eigenvalue weighted by Crippen LogP contribution is 2.74. The molecule has 1 heterocycles. The van der Waals surface area contributed by atoms with Crippen LogP contribution in [0.1, 0.15) is 0 Å². The number of carbonyl (C=O) groups excluding carboxylic acids is 1. The fraction of sp³-hybridized carbons (Fsp3) is 0.107. The number of hydrogen-bond donors (Lipinski definition) is 0. The topological polar surface area (TPSA) is 17.1 Å². The molecule has 31 heavy (non-hydrogen) atoms. The van der Waals surface area contributed by atoms with E-state index in [1.807, 2.05) is 0 Å². The van der Waals surface area contributed by atoms with Gasteiger partial charge in [0.1, 0.15) is 48.1 Å². The molecule has 1 aliphatic rings.